The number of aryl methyl sites for hydroxylation is 1. The number of aromatic amines is 1. The fourth-order valence-electron chi connectivity index (χ4n) is 6.42. The largest absolute Gasteiger partial charge is 0.465 e. The lowest BCUT2D eigenvalue weighted by molar-refractivity contribution is -0.144. The molecule has 1 aliphatic rings. The van der Waals surface area contributed by atoms with E-state index in [1.54, 1.807) is 32.9 Å². The summed E-state index contributed by atoms with van der Waals surface area (Å²) in [7, 11) is 1.33. The van der Waals surface area contributed by atoms with Gasteiger partial charge in [-0.15, -0.1) is 10.2 Å². The summed E-state index contributed by atoms with van der Waals surface area (Å²) in [6, 6.07) is 17.9. The van der Waals surface area contributed by atoms with Gasteiger partial charge in [-0.05, 0) is 118 Å². The van der Waals surface area contributed by atoms with Crippen LogP contribution in [0.4, 0.5) is 23.7 Å². The van der Waals surface area contributed by atoms with E-state index in [2.05, 4.69) is 31.1 Å². The Morgan fingerprint density at radius 1 is 0.891 bits per heavy atom. The number of halogens is 3. The molecule has 5 rings (SSSR count). The lowest BCUT2D eigenvalue weighted by Crippen LogP contribution is -2.48. The molecule has 292 valence electrons. The first kappa shape index (κ1) is 40.5. The average Bonchev–Trinajstić information content (AvgIpc) is 3.65. The molecule has 15 heteroatoms. The lowest BCUT2D eigenvalue weighted by Gasteiger charge is -2.29. The molecule has 0 radical (unpaired) electrons. The molecular weight excluding hydrogens is 717 g/mol. The molecule has 1 heterocycles. The normalized spacial score (nSPS) is 16.4. The van der Waals surface area contributed by atoms with Crippen molar-refractivity contribution in [3.8, 4) is 22.5 Å². The van der Waals surface area contributed by atoms with E-state index in [9.17, 15) is 32.3 Å². The molecule has 0 spiro atoms. The number of carbonyl (C=O) groups is 4. The van der Waals surface area contributed by atoms with Crippen molar-refractivity contribution in [2.24, 2.45) is 11.8 Å². The standard InChI is InChI=1S/C40H45F3N6O6/c1-23-20-29(36(52)54-5)16-19-31(23)26-10-6-24(7-11-26)21-32(46-34(50)28-12-8-25(9-13-28)22-44-38(53)55-39(2,3)4)35(51)45-30-17-14-27(15-18-30)33-47-37(49-48-33)40(41,42)43/h6-7,10-11,14-20,25,28,32H,8-9,12-13,21-22H2,1-5H3,(H,44,53)(H,45,51)(H,46,50)(H,47,48,49). The van der Waals surface area contributed by atoms with Gasteiger partial charge in [0.05, 0.1) is 12.7 Å². The first-order chi connectivity index (χ1) is 26.0. The van der Waals surface area contributed by atoms with Gasteiger partial charge in [0.2, 0.25) is 17.6 Å². The smallest absolute Gasteiger partial charge is 0.451 e. The van der Waals surface area contributed by atoms with Crippen LogP contribution in [-0.4, -0.2) is 64.4 Å². The van der Waals surface area contributed by atoms with Gasteiger partial charge in [-0.1, -0.05) is 30.3 Å². The molecule has 1 saturated carbocycles. The van der Waals surface area contributed by atoms with Gasteiger partial charge in [-0.3, -0.25) is 9.59 Å². The summed E-state index contributed by atoms with van der Waals surface area (Å²) in [6.07, 6.45) is -2.38. The van der Waals surface area contributed by atoms with Gasteiger partial charge < -0.3 is 30.4 Å². The second-order valence-corrected chi connectivity index (χ2v) is 14.7. The molecule has 55 heavy (non-hydrogen) atoms. The maximum Gasteiger partial charge on any atom is 0.451 e. The van der Waals surface area contributed by atoms with Crippen molar-refractivity contribution >= 4 is 29.6 Å². The van der Waals surface area contributed by atoms with Gasteiger partial charge in [0.15, 0.2) is 5.82 Å². The van der Waals surface area contributed by atoms with E-state index in [0.29, 0.717) is 49.0 Å². The topological polar surface area (TPSA) is 164 Å². The van der Waals surface area contributed by atoms with Gasteiger partial charge in [0, 0.05) is 30.1 Å². The van der Waals surface area contributed by atoms with E-state index in [0.717, 1.165) is 22.3 Å². The van der Waals surface area contributed by atoms with E-state index >= 15 is 0 Å². The third-order valence-electron chi connectivity index (χ3n) is 9.32. The van der Waals surface area contributed by atoms with Crippen LogP contribution >= 0.6 is 0 Å². The van der Waals surface area contributed by atoms with Crippen LogP contribution in [0.15, 0.2) is 66.7 Å². The number of ether oxygens (including phenoxy) is 2. The number of hydrogen-bond acceptors (Lipinski definition) is 8. The van der Waals surface area contributed by atoms with Crippen LogP contribution in [0.25, 0.3) is 22.5 Å². The van der Waals surface area contributed by atoms with E-state index in [1.165, 1.54) is 31.4 Å². The highest BCUT2D eigenvalue weighted by Gasteiger charge is 2.35. The fraction of sp³-hybridized carbons (Fsp3) is 0.400. The second kappa shape index (κ2) is 17.2. The summed E-state index contributed by atoms with van der Waals surface area (Å²) < 4.78 is 49.2. The van der Waals surface area contributed by atoms with Gasteiger partial charge >= 0.3 is 18.2 Å². The number of aromatic nitrogens is 3. The number of carbonyl (C=O) groups excluding carboxylic acids is 4. The minimum atomic E-state index is -4.67. The molecule has 4 aromatic rings. The van der Waals surface area contributed by atoms with Crippen LogP contribution in [0, 0.1) is 18.8 Å². The Kier molecular flexibility index (Phi) is 12.6. The van der Waals surface area contributed by atoms with Crippen LogP contribution in [0.3, 0.4) is 0 Å². The van der Waals surface area contributed by atoms with Gasteiger partial charge in [0.1, 0.15) is 11.6 Å². The van der Waals surface area contributed by atoms with Crippen molar-refractivity contribution in [3.63, 3.8) is 0 Å². The lowest BCUT2D eigenvalue weighted by atomic mass is 9.81. The van der Waals surface area contributed by atoms with E-state index in [-0.39, 0.29) is 30.0 Å². The number of nitrogens with zero attached hydrogens (tertiary/aromatic N) is 2. The number of alkyl halides is 3. The van der Waals surface area contributed by atoms with Crippen molar-refractivity contribution in [1.82, 2.24) is 25.8 Å². The molecule has 1 unspecified atom stereocenters. The number of nitrogens with one attached hydrogen (secondary N) is 4. The van der Waals surface area contributed by atoms with Gasteiger partial charge in [-0.25, -0.2) is 9.59 Å². The zero-order valence-corrected chi connectivity index (χ0v) is 31.3. The van der Waals surface area contributed by atoms with Crippen LogP contribution in [0.1, 0.15) is 73.8 Å². The predicted octanol–water partition coefficient (Wildman–Crippen LogP) is 7.25. The summed E-state index contributed by atoms with van der Waals surface area (Å²) in [4.78, 5) is 53.6. The maximum atomic E-state index is 13.8. The highest BCUT2D eigenvalue weighted by Crippen LogP contribution is 2.30. The number of anilines is 1. The van der Waals surface area contributed by atoms with E-state index in [4.69, 9.17) is 9.47 Å². The quantitative estimate of drug-likeness (QED) is 0.116. The van der Waals surface area contributed by atoms with Crippen molar-refractivity contribution in [3.05, 3.63) is 89.2 Å². The predicted molar refractivity (Wildman–Crippen MR) is 199 cm³/mol. The SMILES string of the molecule is COC(=O)c1ccc(-c2ccc(CC(NC(=O)C3CCC(CNC(=O)OC(C)(C)C)CC3)C(=O)Nc3ccc(-c4nnc(C(F)(F)F)[nH]4)cc3)cc2)c(C)c1. The number of alkyl carbamates (subject to hydrolysis) is 1. The van der Waals surface area contributed by atoms with Crippen LogP contribution < -0.4 is 16.0 Å². The summed E-state index contributed by atoms with van der Waals surface area (Å²) in [6.45, 7) is 7.72. The molecule has 1 fully saturated rings. The van der Waals surface area contributed by atoms with Crippen molar-refractivity contribution in [2.45, 2.75) is 77.6 Å². The highest BCUT2D eigenvalue weighted by molar-refractivity contribution is 5.98. The molecular formula is C40H45F3N6O6. The Hall–Kier alpha value is -5.73. The molecule has 0 bridgehead atoms. The van der Waals surface area contributed by atoms with Gasteiger partial charge in [-0.2, -0.15) is 13.2 Å². The molecule has 0 aliphatic heterocycles. The average molecular weight is 763 g/mol. The molecule has 3 amide bonds. The monoisotopic (exact) mass is 762 g/mol. The molecule has 1 aliphatic carbocycles. The van der Waals surface area contributed by atoms with E-state index < -0.39 is 41.6 Å². The van der Waals surface area contributed by atoms with Crippen molar-refractivity contribution in [1.29, 1.82) is 0 Å². The van der Waals surface area contributed by atoms with Crippen LogP contribution in [-0.2, 0) is 31.7 Å². The molecule has 0 saturated heterocycles. The zero-order chi connectivity index (χ0) is 39.9. The maximum absolute atomic E-state index is 13.8. The Labute approximate surface area is 317 Å². The Bertz CT molecular complexity index is 1980. The van der Waals surface area contributed by atoms with Gasteiger partial charge in [0.25, 0.3) is 0 Å². The van der Waals surface area contributed by atoms with E-state index in [1.807, 2.05) is 37.3 Å². The van der Waals surface area contributed by atoms with Crippen molar-refractivity contribution < 1.29 is 41.8 Å². The highest BCUT2D eigenvalue weighted by atomic mass is 19.4. The number of H-pyrrole nitrogens is 1. The van der Waals surface area contributed by atoms with Crippen LogP contribution in [0.5, 0.6) is 0 Å². The number of esters is 1. The summed E-state index contributed by atoms with van der Waals surface area (Å²) >= 11 is 0. The summed E-state index contributed by atoms with van der Waals surface area (Å²) in [5, 5.41) is 15.3. The minimum Gasteiger partial charge on any atom is -0.465 e. The molecule has 1 atom stereocenters. The molecule has 4 N–H and O–H groups in total. The number of methoxy groups -OCH3 is 1. The number of amides is 3. The Morgan fingerprint density at radius 3 is 2.13 bits per heavy atom. The first-order valence-corrected chi connectivity index (χ1v) is 18.0. The molecule has 3 aromatic carbocycles. The summed E-state index contributed by atoms with van der Waals surface area (Å²) in [5.41, 5.74) is 4.02. The zero-order valence-electron chi connectivity index (χ0n) is 31.3. The summed E-state index contributed by atoms with van der Waals surface area (Å²) in [5.74, 6) is -2.59. The second-order valence-electron chi connectivity index (χ2n) is 14.7. The Morgan fingerprint density at radius 2 is 1.55 bits per heavy atom. The first-order valence-electron chi connectivity index (χ1n) is 18.0. The molecule has 12 nitrogen and oxygen atoms in total. The number of benzene rings is 3. The Balaban J connectivity index is 1.27. The third kappa shape index (κ3) is 11.2. The van der Waals surface area contributed by atoms with Crippen LogP contribution in [0.2, 0.25) is 0 Å². The number of hydrogen-bond donors (Lipinski definition) is 4. The number of rotatable bonds is 11. The third-order valence-corrected chi connectivity index (χ3v) is 9.32. The fourth-order valence-corrected chi connectivity index (χ4v) is 6.42. The molecule has 1 aromatic heterocycles. The van der Waals surface area contributed by atoms with Crippen molar-refractivity contribution in [2.75, 3.05) is 19.0 Å². The minimum absolute atomic E-state index is 0.0799.